The van der Waals surface area contributed by atoms with Gasteiger partial charge in [-0.15, -0.1) is 0 Å². The topological polar surface area (TPSA) is 55.1 Å². The highest BCUT2D eigenvalue weighted by molar-refractivity contribution is 5.81. The standard InChI is InChI=1S/C13H26N2O/c1-15-13(16)12(14)10-6-9-11-7-4-2-3-5-8-11/h11-12H,2-10,14H2,1H3,(H,15,16)/t12-/m0/s1. The van der Waals surface area contributed by atoms with Gasteiger partial charge in [0, 0.05) is 7.05 Å². The van der Waals surface area contributed by atoms with Crippen LogP contribution in [0, 0.1) is 5.92 Å². The van der Waals surface area contributed by atoms with Crippen LogP contribution in [0.5, 0.6) is 0 Å². The van der Waals surface area contributed by atoms with E-state index >= 15 is 0 Å². The number of hydrogen-bond donors (Lipinski definition) is 2. The molecule has 0 unspecified atom stereocenters. The molecular weight excluding hydrogens is 200 g/mol. The van der Waals surface area contributed by atoms with Crippen LogP contribution in [0.2, 0.25) is 0 Å². The van der Waals surface area contributed by atoms with Gasteiger partial charge in [0.25, 0.3) is 0 Å². The van der Waals surface area contributed by atoms with Gasteiger partial charge in [0.1, 0.15) is 0 Å². The second-order valence-electron chi connectivity index (χ2n) is 5.01. The smallest absolute Gasteiger partial charge is 0.236 e. The second kappa shape index (κ2) is 7.66. The zero-order valence-electron chi connectivity index (χ0n) is 10.5. The summed E-state index contributed by atoms with van der Waals surface area (Å²) in [7, 11) is 1.65. The van der Waals surface area contributed by atoms with E-state index in [0.29, 0.717) is 0 Å². The van der Waals surface area contributed by atoms with E-state index in [1.165, 1.54) is 44.9 Å². The van der Waals surface area contributed by atoms with Crippen molar-refractivity contribution in [3.05, 3.63) is 0 Å². The molecule has 1 atom stereocenters. The highest BCUT2D eigenvalue weighted by atomic mass is 16.2. The van der Waals surface area contributed by atoms with Crippen LogP contribution in [0.3, 0.4) is 0 Å². The Morgan fingerprint density at radius 1 is 1.31 bits per heavy atom. The fourth-order valence-electron chi connectivity index (χ4n) is 2.60. The van der Waals surface area contributed by atoms with Crippen molar-refractivity contribution in [3.63, 3.8) is 0 Å². The van der Waals surface area contributed by atoms with Gasteiger partial charge in [-0.3, -0.25) is 4.79 Å². The Labute approximate surface area is 99.2 Å². The van der Waals surface area contributed by atoms with Crippen LogP contribution >= 0.6 is 0 Å². The monoisotopic (exact) mass is 226 g/mol. The van der Waals surface area contributed by atoms with Gasteiger partial charge >= 0.3 is 0 Å². The molecule has 1 aliphatic carbocycles. The third-order valence-electron chi connectivity index (χ3n) is 3.69. The Balaban J connectivity index is 2.11. The molecule has 0 aliphatic heterocycles. The first-order valence-corrected chi connectivity index (χ1v) is 6.71. The zero-order chi connectivity index (χ0) is 11.8. The van der Waals surface area contributed by atoms with Gasteiger partial charge in [0.05, 0.1) is 6.04 Å². The fraction of sp³-hybridized carbons (Fsp3) is 0.923. The molecule has 0 spiro atoms. The van der Waals surface area contributed by atoms with Crippen molar-refractivity contribution >= 4 is 5.91 Å². The molecule has 0 saturated heterocycles. The Kier molecular flexibility index (Phi) is 6.46. The molecule has 1 fully saturated rings. The van der Waals surface area contributed by atoms with Crippen LogP contribution < -0.4 is 11.1 Å². The summed E-state index contributed by atoms with van der Waals surface area (Å²) in [4.78, 5) is 11.2. The highest BCUT2D eigenvalue weighted by Crippen LogP contribution is 2.26. The quantitative estimate of drug-likeness (QED) is 0.706. The van der Waals surface area contributed by atoms with Gasteiger partial charge < -0.3 is 11.1 Å². The molecule has 3 N–H and O–H groups in total. The highest BCUT2D eigenvalue weighted by Gasteiger charge is 2.14. The number of nitrogens with two attached hydrogens (primary N) is 1. The average Bonchev–Trinajstić information content (AvgIpc) is 2.56. The molecule has 1 amide bonds. The molecule has 1 aliphatic rings. The summed E-state index contributed by atoms with van der Waals surface area (Å²) in [5.74, 6) is 0.861. The van der Waals surface area contributed by atoms with Crippen LogP contribution in [0.25, 0.3) is 0 Å². The minimum Gasteiger partial charge on any atom is -0.358 e. The molecule has 3 heteroatoms. The Morgan fingerprint density at radius 3 is 2.50 bits per heavy atom. The van der Waals surface area contributed by atoms with E-state index in [1.807, 2.05) is 0 Å². The van der Waals surface area contributed by atoms with Crippen LogP contribution in [-0.4, -0.2) is 19.0 Å². The van der Waals surface area contributed by atoms with Gasteiger partial charge in [-0.25, -0.2) is 0 Å². The molecule has 0 aromatic heterocycles. The van der Waals surface area contributed by atoms with E-state index in [1.54, 1.807) is 7.05 Å². The van der Waals surface area contributed by atoms with E-state index < -0.39 is 0 Å². The largest absolute Gasteiger partial charge is 0.358 e. The third-order valence-corrected chi connectivity index (χ3v) is 3.69. The van der Waals surface area contributed by atoms with Crippen LogP contribution in [0.4, 0.5) is 0 Å². The molecule has 0 radical (unpaired) electrons. The van der Waals surface area contributed by atoms with Crippen LogP contribution in [-0.2, 0) is 4.79 Å². The lowest BCUT2D eigenvalue weighted by Crippen LogP contribution is -2.38. The molecule has 0 aromatic carbocycles. The molecule has 1 saturated carbocycles. The summed E-state index contributed by atoms with van der Waals surface area (Å²) in [6.07, 6.45) is 11.6. The third kappa shape index (κ3) is 4.97. The summed E-state index contributed by atoms with van der Waals surface area (Å²) >= 11 is 0. The lowest BCUT2D eigenvalue weighted by Gasteiger charge is -2.15. The lowest BCUT2D eigenvalue weighted by atomic mass is 9.93. The predicted octanol–water partition coefficient (Wildman–Crippen LogP) is 2.20. The minimum atomic E-state index is -0.309. The molecule has 16 heavy (non-hydrogen) atoms. The molecule has 1 rings (SSSR count). The van der Waals surface area contributed by atoms with Crippen molar-refractivity contribution in [2.45, 2.75) is 63.8 Å². The number of carbonyl (C=O) groups excluding carboxylic acids is 1. The maximum atomic E-state index is 11.2. The summed E-state index contributed by atoms with van der Waals surface area (Å²) in [6, 6.07) is -0.309. The van der Waals surface area contributed by atoms with Gasteiger partial charge in [0.2, 0.25) is 5.91 Å². The summed E-state index contributed by atoms with van der Waals surface area (Å²) < 4.78 is 0. The first-order valence-electron chi connectivity index (χ1n) is 6.71. The lowest BCUT2D eigenvalue weighted by molar-refractivity contribution is -0.122. The number of nitrogens with one attached hydrogen (secondary N) is 1. The summed E-state index contributed by atoms with van der Waals surface area (Å²) in [5, 5.41) is 2.60. The molecule has 0 heterocycles. The number of rotatable bonds is 5. The fourth-order valence-corrected chi connectivity index (χ4v) is 2.60. The summed E-state index contributed by atoms with van der Waals surface area (Å²) in [6.45, 7) is 0. The molecule has 94 valence electrons. The van der Waals surface area contributed by atoms with E-state index in [4.69, 9.17) is 5.73 Å². The normalized spacial score (nSPS) is 20.1. The van der Waals surface area contributed by atoms with Crippen molar-refractivity contribution in [2.75, 3.05) is 7.05 Å². The van der Waals surface area contributed by atoms with Gasteiger partial charge in [-0.2, -0.15) is 0 Å². The Bertz CT molecular complexity index is 198. The van der Waals surface area contributed by atoms with E-state index in [-0.39, 0.29) is 11.9 Å². The number of amides is 1. The van der Waals surface area contributed by atoms with E-state index in [9.17, 15) is 4.79 Å². The van der Waals surface area contributed by atoms with Crippen molar-refractivity contribution in [1.29, 1.82) is 0 Å². The van der Waals surface area contributed by atoms with Crippen molar-refractivity contribution in [2.24, 2.45) is 11.7 Å². The average molecular weight is 226 g/mol. The second-order valence-corrected chi connectivity index (χ2v) is 5.01. The number of hydrogen-bond acceptors (Lipinski definition) is 2. The van der Waals surface area contributed by atoms with Crippen molar-refractivity contribution in [1.82, 2.24) is 5.32 Å². The zero-order valence-corrected chi connectivity index (χ0v) is 10.5. The number of likely N-dealkylation sites (N-methyl/N-ethyl adjacent to an activating group) is 1. The van der Waals surface area contributed by atoms with E-state index in [0.717, 1.165) is 18.8 Å². The molecule has 3 nitrogen and oxygen atoms in total. The van der Waals surface area contributed by atoms with Gasteiger partial charge in [-0.05, 0) is 12.3 Å². The summed E-state index contributed by atoms with van der Waals surface area (Å²) in [5.41, 5.74) is 5.76. The van der Waals surface area contributed by atoms with Gasteiger partial charge in [-0.1, -0.05) is 51.4 Å². The Morgan fingerprint density at radius 2 is 1.94 bits per heavy atom. The number of carbonyl (C=O) groups is 1. The predicted molar refractivity (Wildman–Crippen MR) is 67.1 cm³/mol. The van der Waals surface area contributed by atoms with Crippen LogP contribution in [0.15, 0.2) is 0 Å². The van der Waals surface area contributed by atoms with Gasteiger partial charge in [0.15, 0.2) is 0 Å². The maximum Gasteiger partial charge on any atom is 0.236 e. The minimum absolute atomic E-state index is 0.0270. The SMILES string of the molecule is CNC(=O)[C@@H](N)CCCC1CCCCCC1. The van der Waals surface area contributed by atoms with E-state index in [2.05, 4.69) is 5.32 Å². The van der Waals surface area contributed by atoms with Crippen molar-refractivity contribution < 1.29 is 4.79 Å². The van der Waals surface area contributed by atoms with Crippen LogP contribution in [0.1, 0.15) is 57.8 Å². The van der Waals surface area contributed by atoms with Crippen molar-refractivity contribution in [3.8, 4) is 0 Å². The molecule has 0 bridgehead atoms. The Hall–Kier alpha value is -0.570. The first-order chi connectivity index (χ1) is 7.74. The molecular formula is C13H26N2O. The molecule has 0 aromatic rings. The maximum absolute atomic E-state index is 11.2. The first kappa shape index (κ1) is 13.5.